The van der Waals surface area contributed by atoms with E-state index in [1.165, 1.54) is 4.90 Å². The van der Waals surface area contributed by atoms with Crippen LogP contribution in [-0.2, 0) is 16.1 Å². The number of hydrogen-bond acceptors (Lipinski definition) is 5. The summed E-state index contributed by atoms with van der Waals surface area (Å²) in [7, 11) is 0. The first-order valence-electron chi connectivity index (χ1n) is 8.18. The van der Waals surface area contributed by atoms with Gasteiger partial charge in [-0.1, -0.05) is 42.0 Å². The number of carbonyl (C=O) groups excluding carboxylic acids is 2. The highest BCUT2D eigenvalue weighted by molar-refractivity contribution is 8.18. The second-order valence-electron chi connectivity index (χ2n) is 6.00. The van der Waals surface area contributed by atoms with Gasteiger partial charge in [-0.2, -0.15) is 0 Å². The molecule has 1 saturated heterocycles. The van der Waals surface area contributed by atoms with Gasteiger partial charge in [0.25, 0.3) is 11.1 Å². The maximum Gasteiger partial charge on any atom is 0.341 e. The minimum absolute atomic E-state index is 0.240. The Bertz CT molecular complexity index is 903. The maximum atomic E-state index is 12.6. The van der Waals surface area contributed by atoms with Gasteiger partial charge in [0.15, 0.2) is 6.61 Å². The fraction of sp³-hybridized carbons (Fsp3) is 0.150. The Labute approximate surface area is 160 Å². The molecular weight excluding hydrogens is 366 g/mol. The van der Waals surface area contributed by atoms with E-state index in [1.54, 1.807) is 30.3 Å². The van der Waals surface area contributed by atoms with Crippen LogP contribution in [0.3, 0.4) is 0 Å². The van der Waals surface area contributed by atoms with Gasteiger partial charge >= 0.3 is 5.97 Å². The fourth-order valence-electron chi connectivity index (χ4n) is 2.47. The van der Waals surface area contributed by atoms with Gasteiger partial charge in [0.2, 0.25) is 0 Å². The molecule has 0 saturated carbocycles. The van der Waals surface area contributed by atoms with Crippen LogP contribution in [0.5, 0.6) is 5.75 Å². The number of carbonyl (C=O) groups is 3. The van der Waals surface area contributed by atoms with Crippen LogP contribution in [0.2, 0.25) is 0 Å². The van der Waals surface area contributed by atoms with Crippen LogP contribution in [0.4, 0.5) is 4.79 Å². The van der Waals surface area contributed by atoms with Crippen molar-refractivity contribution >= 4 is 35.0 Å². The van der Waals surface area contributed by atoms with Gasteiger partial charge in [-0.25, -0.2) is 4.79 Å². The van der Waals surface area contributed by atoms with Gasteiger partial charge < -0.3 is 9.84 Å². The number of carboxylic acids is 1. The van der Waals surface area contributed by atoms with Gasteiger partial charge in [0, 0.05) is 0 Å². The highest BCUT2D eigenvalue weighted by Crippen LogP contribution is 2.33. The molecule has 0 radical (unpaired) electrons. The van der Waals surface area contributed by atoms with Crippen molar-refractivity contribution in [2.75, 3.05) is 6.61 Å². The van der Waals surface area contributed by atoms with E-state index in [4.69, 9.17) is 9.84 Å². The molecule has 27 heavy (non-hydrogen) atoms. The Morgan fingerprint density at radius 2 is 1.78 bits per heavy atom. The molecule has 1 aliphatic heterocycles. The van der Waals surface area contributed by atoms with E-state index in [2.05, 4.69) is 0 Å². The lowest BCUT2D eigenvalue weighted by molar-refractivity contribution is -0.139. The van der Waals surface area contributed by atoms with Crippen molar-refractivity contribution in [3.8, 4) is 5.75 Å². The smallest absolute Gasteiger partial charge is 0.341 e. The summed E-state index contributed by atoms with van der Waals surface area (Å²) in [5.41, 5.74) is 2.73. The predicted octanol–water partition coefficient (Wildman–Crippen LogP) is 3.69. The summed E-state index contributed by atoms with van der Waals surface area (Å²) in [5, 5.41) is 8.31. The number of amides is 2. The SMILES string of the molecule is Cc1ccc(CN2C(=O)S/C(=C/c3ccc(OCC(=O)O)cc3)C2=O)cc1. The molecule has 6 nitrogen and oxygen atoms in total. The summed E-state index contributed by atoms with van der Waals surface area (Å²) in [5.74, 6) is -0.958. The average Bonchev–Trinajstić information content (AvgIpc) is 2.90. The molecule has 1 aliphatic rings. The molecule has 2 aromatic rings. The lowest BCUT2D eigenvalue weighted by Gasteiger charge is -2.12. The Kier molecular flexibility index (Phi) is 5.61. The molecule has 138 valence electrons. The summed E-state index contributed by atoms with van der Waals surface area (Å²) in [6, 6.07) is 14.3. The molecular formula is C20H17NO5S. The lowest BCUT2D eigenvalue weighted by atomic mass is 10.1. The first kappa shape index (κ1) is 18.7. The second-order valence-corrected chi connectivity index (χ2v) is 7.00. The molecule has 1 N–H and O–H groups in total. The zero-order chi connectivity index (χ0) is 19.4. The topological polar surface area (TPSA) is 83.9 Å². The Hall–Kier alpha value is -3.06. The lowest BCUT2D eigenvalue weighted by Crippen LogP contribution is -2.27. The number of thioether (sulfide) groups is 1. The quantitative estimate of drug-likeness (QED) is 0.766. The van der Waals surface area contributed by atoms with Crippen LogP contribution in [0, 0.1) is 6.92 Å². The van der Waals surface area contributed by atoms with Crippen molar-refractivity contribution in [1.82, 2.24) is 4.90 Å². The average molecular weight is 383 g/mol. The Morgan fingerprint density at radius 3 is 2.41 bits per heavy atom. The predicted molar refractivity (Wildman–Crippen MR) is 102 cm³/mol. The monoisotopic (exact) mass is 383 g/mol. The summed E-state index contributed by atoms with van der Waals surface area (Å²) in [6.45, 7) is 1.80. The number of hydrogen-bond donors (Lipinski definition) is 1. The zero-order valence-electron chi connectivity index (χ0n) is 14.5. The molecule has 0 aromatic heterocycles. The maximum absolute atomic E-state index is 12.6. The number of imide groups is 1. The highest BCUT2D eigenvalue weighted by atomic mass is 32.2. The van der Waals surface area contributed by atoms with Crippen LogP contribution >= 0.6 is 11.8 Å². The molecule has 2 amide bonds. The van der Waals surface area contributed by atoms with E-state index in [-0.39, 0.29) is 17.7 Å². The van der Waals surface area contributed by atoms with Crippen molar-refractivity contribution in [3.63, 3.8) is 0 Å². The number of ether oxygens (including phenoxy) is 1. The van der Waals surface area contributed by atoms with E-state index < -0.39 is 12.6 Å². The van der Waals surface area contributed by atoms with Crippen molar-refractivity contribution < 1.29 is 24.2 Å². The van der Waals surface area contributed by atoms with Crippen molar-refractivity contribution in [3.05, 3.63) is 70.1 Å². The third-order valence-corrected chi connectivity index (χ3v) is 4.78. The van der Waals surface area contributed by atoms with E-state index in [0.29, 0.717) is 10.7 Å². The van der Waals surface area contributed by atoms with Crippen LogP contribution in [0.25, 0.3) is 6.08 Å². The largest absolute Gasteiger partial charge is 0.482 e. The van der Waals surface area contributed by atoms with Crippen molar-refractivity contribution in [2.45, 2.75) is 13.5 Å². The summed E-state index contributed by atoms with van der Waals surface area (Å²) < 4.78 is 5.07. The van der Waals surface area contributed by atoms with Gasteiger partial charge in [0.1, 0.15) is 5.75 Å². The minimum Gasteiger partial charge on any atom is -0.482 e. The standard InChI is InChI=1S/C20H17NO5S/c1-13-2-4-15(5-3-13)11-21-19(24)17(27-20(21)25)10-14-6-8-16(9-7-14)26-12-18(22)23/h2-10H,11-12H2,1H3,(H,22,23)/b17-10+. The number of nitrogens with zero attached hydrogens (tertiary/aromatic N) is 1. The molecule has 0 bridgehead atoms. The van der Waals surface area contributed by atoms with Gasteiger partial charge in [0.05, 0.1) is 11.4 Å². The minimum atomic E-state index is -1.05. The molecule has 7 heteroatoms. The van der Waals surface area contributed by atoms with Crippen molar-refractivity contribution in [2.24, 2.45) is 0 Å². The second kappa shape index (κ2) is 8.09. The first-order chi connectivity index (χ1) is 12.9. The Balaban J connectivity index is 1.70. The molecule has 0 spiro atoms. The van der Waals surface area contributed by atoms with Gasteiger partial charge in [-0.15, -0.1) is 0 Å². The highest BCUT2D eigenvalue weighted by Gasteiger charge is 2.34. The summed E-state index contributed by atoms with van der Waals surface area (Å²) in [4.78, 5) is 36.9. The van der Waals surface area contributed by atoms with Crippen LogP contribution in [0.1, 0.15) is 16.7 Å². The van der Waals surface area contributed by atoms with Crippen molar-refractivity contribution in [1.29, 1.82) is 0 Å². The number of benzene rings is 2. The Morgan fingerprint density at radius 1 is 1.11 bits per heavy atom. The molecule has 0 unspecified atom stereocenters. The van der Waals surface area contributed by atoms with Crippen LogP contribution < -0.4 is 4.74 Å². The normalized spacial score (nSPS) is 15.4. The van der Waals surface area contributed by atoms with Gasteiger partial charge in [-0.05, 0) is 48.0 Å². The number of carboxylic acid groups (broad SMARTS) is 1. The summed E-state index contributed by atoms with van der Waals surface area (Å²) in [6.07, 6.45) is 1.64. The van der Waals surface area contributed by atoms with E-state index >= 15 is 0 Å². The third-order valence-electron chi connectivity index (χ3n) is 3.88. The number of rotatable bonds is 6. The summed E-state index contributed by atoms with van der Waals surface area (Å²) >= 11 is 0.907. The molecule has 2 aromatic carbocycles. The third kappa shape index (κ3) is 4.77. The van der Waals surface area contributed by atoms with E-state index in [9.17, 15) is 14.4 Å². The van der Waals surface area contributed by atoms with Crippen LogP contribution in [-0.4, -0.2) is 33.7 Å². The molecule has 0 atom stereocenters. The van der Waals surface area contributed by atoms with E-state index in [1.807, 2.05) is 31.2 Å². The van der Waals surface area contributed by atoms with Crippen LogP contribution in [0.15, 0.2) is 53.4 Å². The van der Waals surface area contributed by atoms with E-state index in [0.717, 1.165) is 28.5 Å². The molecule has 0 aliphatic carbocycles. The number of aryl methyl sites for hydroxylation is 1. The van der Waals surface area contributed by atoms with Gasteiger partial charge in [-0.3, -0.25) is 14.5 Å². The zero-order valence-corrected chi connectivity index (χ0v) is 15.4. The fourth-order valence-corrected chi connectivity index (χ4v) is 3.31. The molecule has 3 rings (SSSR count). The first-order valence-corrected chi connectivity index (χ1v) is 8.99. The number of aliphatic carboxylic acids is 1. The molecule has 1 fully saturated rings. The molecule has 1 heterocycles.